The van der Waals surface area contributed by atoms with Crippen LogP contribution in [0.2, 0.25) is 0 Å². The van der Waals surface area contributed by atoms with Crippen LogP contribution in [0.5, 0.6) is 6.01 Å². The molecule has 26 heavy (non-hydrogen) atoms. The van der Waals surface area contributed by atoms with Gasteiger partial charge in [0.2, 0.25) is 0 Å². The highest BCUT2D eigenvalue weighted by molar-refractivity contribution is 7.18. The number of hydrogen-bond acceptors (Lipinski definition) is 7. The molecule has 0 aromatic carbocycles. The molecule has 3 rings (SSSR count). The summed E-state index contributed by atoms with van der Waals surface area (Å²) in [6.07, 6.45) is 0.709. The Morgan fingerprint density at radius 3 is 2.50 bits per heavy atom. The number of fused-ring (bicyclic) bond motifs is 1. The van der Waals surface area contributed by atoms with Crippen molar-refractivity contribution in [3.8, 4) is 6.01 Å². The molecule has 2 aromatic rings. The zero-order chi connectivity index (χ0) is 18.9. The maximum absolute atomic E-state index is 12.3. The molecule has 2 aromatic heterocycles. The monoisotopic (exact) mass is 378 g/mol. The highest BCUT2D eigenvalue weighted by Gasteiger charge is 2.27. The summed E-state index contributed by atoms with van der Waals surface area (Å²) in [5, 5.41) is 1.05. The van der Waals surface area contributed by atoms with E-state index < -0.39 is 5.60 Å². The zero-order valence-electron chi connectivity index (χ0n) is 16.0. The third kappa shape index (κ3) is 4.00. The van der Waals surface area contributed by atoms with Gasteiger partial charge in [0, 0.05) is 31.1 Å². The van der Waals surface area contributed by atoms with Crippen molar-refractivity contribution < 1.29 is 14.3 Å². The molecule has 142 valence electrons. The topological polar surface area (TPSA) is 67.8 Å². The van der Waals surface area contributed by atoms with Gasteiger partial charge in [-0.3, -0.25) is 0 Å². The van der Waals surface area contributed by atoms with E-state index in [1.54, 1.807) is 23.3 Å². The Morgan fingerprint density at radius 1 is 1.23 bits per heavy atom. The minimum atomic E-state index is -0.479. The van der Waals surface area contributed by atoms with Crippen LogP contribution in [0.4, 0.5) is 10.6 Å². The quantitative estimate of drug-likeness (QED) is 0.816. The molecule has 1 saturated heterocycles. The summed E-state index contributed by atoms with van der Waals surface area (Å²) in [5.41, 5.74) is -0.479. The van der Waals surface area contributed by atoms with Crippen molar-refractivity contribution in [1.82, 2.24) is 14.9 Å². The second-order valence-corrected chi connectivity index (χ2v) is 8.39. The van der Waals surface area contributed by atoms with E-state index in [0.717, 1.165) is 22.5 Å². The lowest BCUT2D eigenvalue weighted by atomic mass is 10.2. The number of thiophene rings is 1. The number of piperazine rings is 1. The SMILES string of the molecule is CCc1cc2c(N3CCN(C(=O)OC(C)(C)C)CC3)nc(OC)nc2s1. The fourth-order valence-corrected chi connectivity index (χ4v) is 3.82. The summed E-state index contributed by atoms with van der Waals surface area (Å²) in [5.74, 6) is 0.881. The lowest BCUT2D eigenvalue weighted by Crippen LogP contribution is -2.50. The lowest BCUT2D eigenvalue weighted by Gasteiger charge is -2.36. The maximum Gasteiger partial charge on any atom is 0.410 e. The summed E-state index contributed by atoms with van der Waals surface area (Å²) in [6.45, 7) is 10.4. The first-order chi connectivity index (χ1) is 12.3. The molecule has 8 heteroatoms. The van der Waals surface area contributed by atoms with Gasteiger partial charge in [0.05, 0.1) is 12.5 Å². The van der Waals surface area contributed by atoms with Crippen LogP contribution in [0, 0.1) is 0 Å². The largest absolute Gasteiger partial charge is 0.467 e. The summed E-state index contributed by atoms with van der Waals surface area (Å²) in [4.78, 5) is 27.5. The highest BCUT2D eigenvalue weighted by atomic mass is 32.1. The van der Waals surface area contributed by atoms with Gasteiger partial charge in [0.15, 0.2) is 0 Å². The number of nitrogens with zero attached hydrogens (tertiary/aromatic N) is 4. The zero-order valence-corrected chi connectivity index (χ0v) is 16.9. The van der Waals surface area contributed by atoms with Crippen LogP contribution in [0.15, 0.2) is 6.07 Å². The third-order valence-corrected chi connectivity index (χ3v) is 5.34. The maximum atomic E-state index is 12.3. The minimum absolute atomic E-state index is 0.258. The van der Waals surface area contributed by atoms with Gasteiger partial charge >= 0.3 is 12.1 Å². The van der Waals surface area contributed by atoms with Crippen LogP contribution in [0.1, 0.15) is 32.6 Å². The van der Waals surface area contributed by atoms with Gasteiger partial charge in [-0.05, 0) is 33.3 Å². The van der Waals surface area contributed by atoms with Crippen LogP contribution in [0.25, 0.3) is 10.2 Å². The van der Waals surface area contributed by atoms with E-state index in [-0.39, 0.29) is 6.09 Å². The predicted molar refractivity (Wildman–Crippen MR) is 103 cm³/mol. The van der Waals surface area contributed by atoms with E-state index in [1.165, 1.54) is 4.88 Å². The van der Waals surface area contributed by atoms with Crippen LogP contribution in [-0.4, -0.2) is 59.9 Å². The summed E-state index contributed by atoms with van der Waals surface area (Å²) >= 11 is 1.67. The molecule has 0 unspecified atom stereocenters. The first-order valence-corrected chi connectivity index (χ1v) is 9.69. The van der Waals surface area contributed by atoms with Gasteiger partial charge in [-0.2, -0.15) is 9.97 Å². The average molecular weight is 378 g/mol. The number of hydrogen-bond donors (Lipinski definition) is 0. The van der Waals surface area contributed by atoms with Crippen molar-refractivity contribution in [2.24, 2.45) is 0 Å². The molecule has 0 saturated carbocycles. The Kier molecular flexibility index (Phi) is 5.22. The van der Waals surface area contributed by atoms with Crippen molar-refractivity contribution in [1.29, 1.82) is 0 Å². The number of rotatable bonds is 3. The van der Waals surface area contributed by atoms with Gasteiger partial charge < -0.3 is 19.3 Å². The summed E-state index contributed by atoms with van der Waals surface area (Å²) in [6, 6.07) is 2.54. The molecule has 7 nitrogen and oxygen atoms in total. The number of ether oxygens (including phenoxy) is 2. The number of amides is 1. The molecular formula is C18H26N4O3S. The van der Waals surface area contributed by atoms with Crippen LogP contribution >= 0.6 is 11.3 Å². The number of carbonyl (C=O) groups excluding carboxylic acids is 1. The smallest absolute Gasteiger partial charge is 0.410 e. The second-order valence-electron chi connectivity index (χ2n) is 7.27. The van der Waals surface area contributed by atoms with Gasteiger partial charge in [0.1, 0.15) is 16.2 Å². The van der Waals surface area contributed by atoms with Crippen molar-refractivity contribution in [3.63, 3.8) is 0 Å². The van der Waals surface area contributed by atoms with Crippen LogP contribution in [0.3, 0.4) is 0 Å². The fourth-order valence-electron chi connectivity index (χ4n) is 2.87. The van der Waals surface area contributed by atoms with E-state index in [4.69, 9.17) is 9.47 Å². The Morgan fingerprint density at radius 2 is 1.92 bits per heavy atom. The first-order valence-electron chi connectivity index (χ1n) is 8.88. The van der Waals surface area contributed by atoms with E-state index in [2.05, 4.69) is 27.9 Å². The Labute approximate surface area is 157 Å². The number of aromatic nitrogens is 2. The average Bonchev–Trinajstić information content (AvgIpc) is 3.02. The molecule has 0 radical (unpaired) electrons. The van der Waals surface area contributed by atoms with E-state index >= 15 is 0 Å². The van der Waals surface area contributed by atoms with Crippen molar-refractivity contribution in [2.75, 3.05) is 38.2 Å². The lowest BCUT2D eigenvalue weighted by molar-refractivity contribution is 0.0240. The molecule has 0 bridgehead atoms. The fraction of sp³-hybridized carbons (Fsp3) is 0.611. The summed E-state index contributed by atoms with van der Waals surface area (Å²) in [7, 11) is 1.58. The van der Waals surface area contributed by atoms with Crippen molar-refractivity contribution >= 4 is 33.5 Å². The van der Waals surface area contributed by atoms with Gasteiger partial charge in [-0.25, -0.2) is 4.79 Å². The molecule has 0 spiro atoms. The molecule has 0 N–H and O–H groups in total. The molecule has 1 aliphatic heterocycles. The molecule has 1 fully saturated rings. The third-order valence-electron chi connectivity index (χ3n) is 4.17. The highest BCUT2D eigenvalue weighted by Crippen LogP contribution is 2.33. The first kappa shape index (κ1) is 18.7. The molecule has 0 aliphatic carbocycles. The van der Waals surface area contributed by atoms with E-state index in [1.807, 2.05) is 20.8 Å². The normalized spacial score (nSPS) is 15.4. The number of anilines is 1. The molecule has 0 atom stereocenters. The molecule has 3 heterocycles. The number of aryl methyl sites for hydroxylation is 1. The number of carbonyl (C=O) groups is 1. The Balaban J connectivity index is 1.79. The van der Waals surface area contributed by atoms with Crippen molar-refractivity contribution in [3.05, 3.63) is 10.9 Å². The van der Waals surface area contributed by atoms with Gasteiger partial charge in [0.25, 0.3) is 0 Å². The molecular weight excluding hydrogens is 352 g/mol. The van der Waals surface area contributed by atoms with Crippen LogP contribution < -0.4 is 9.64 Å². The summed E-state index contributed by atoms with van der Waals surface area (Å²) < 4.78 is 10.8. The Bertz CT molecular complexity index is 792. The van der Waals surface area contributed by atoms with Gasteiger partial charge in [-0.15, -0.1) is 11.3 Å². The second kappa shape index (κ2) is 7.26. The molecule has 1 amide bonds. The molecule has 1 aliphatic rings. The van der Waals surface area contributed by atoms with Crippen LogP contribution in [-0.2, 0) is 11.2 Å². The van der Waals surface area contributed by atoms with Crippen molar-refractivity contribution in [2.45, 2.75) is 39.7 Å². The standard InChI is InChI=1S/C18H26N4O3S/c1-6-12-11-13-14(19-16(24-5)20-15(13)26-12)21-7-9-22(10-8-21)17(23)25-18(2,3)4/h11H,6-10H2,1-5H3. The van der Waals surface area contributed by atoms with Gasteiger partial charge in [-0.1, -0.05) is 6.92 Å². The minimum Gasteiger partial charge on any atom is -0.467 e. The number of methoxy groups -OCH3 is 1. The predicted octanol–water partition coefficient (Wildman–Crippen LogP) is 3.32. The Hall–Kier alpha value is -2.09. The van der Waals surface area contributed by atoms with E-state index in [9.17, 15) is 4.79 Å². The van der Waals surface area contributed by atoms with E-state index in [0.29, 0.717) is 32.2 Å².